The molecule has 0 fully saturated rings. The van der Waals surface area contributed by atoms with Crippen LogP contribution in [0, 0.1) is 17.5 Å². The number of rotatable bonds is 9. The number of halogens is 3. The Labute approximate surface area is 439 Å². The number of ether oxygens (including phenoxy) is 7. The molecule has 16 nitrogen and oxygen atoms in total. The van der Waals surface area contributed by atoms with E-state index in [9.17, 15) is 42.3 Å². The molecule has 0 unspecified atom stereocenters. The van der Waals surface area contributed by atoms with Crippen molar-refractivity contribution in [3.05, 3.63) is 159 Å². The van der Waals surface area contributed by atoms with Crippen LogP contribution in [-0.4, -0.2) is 95.7 Å². The van der Waals surface area contributed by atoms with Crippen LogP contribution in [0.3, 0.4) is 0 Å². The van der Waals surface area contributed by atoms with E-state index in [1.807, 2.05) is 60.7 Å². The van der Waals surface area contributed by atoms with Gasteiger partial charge in [0.2, 0.25) is 0 Å². The lowest BCUT2D eigenvalue weighted by Crippen LogP contribution is -2.51. The van der Waals surface area contributed by atoms with E-state index < -0.39 is 65.1 Å². The van der Waals surface area contributed by atoms with Gasteiger partial charge in [0.1, 0.15) is 77.2 Å². The van der Waals surface area contributed by atoms with Crippen LogP contribution < -0.4 is 14.8 Å². The monoisotopic (exact) mass is 1060 g/mol. The molecular formula is C57H64F3N3O13. The minimum absolute atomic E-state index is 0.0369. The quantitative estimate of drug-likeness (QED) is 0.105. The number of nitrogens with zero attached hydrogens (tertiary/aromatic N) is 2. The summed E-state index contributed by atoms with van der Waals surface area (Å²) in [5, 5.41) is 12.9. The van der Waals surface area contributed by atoms with Crippen LogP contribution in [0.4, 0.5) is 22.8 Å². The lowest BCUT2D eigenvalue weighted by atomic mass is 9.92. The summed E-state index contributed by atoms with van der Waals surface area (Å²) < 4.78 is 79.6. The van der Waals surface area contributed by atoms with Gasteiger partial charge in [-0.15, -0.1) is 0 Å². The summed E-state index contributed by atoms with van der Waals surface area (Å²) in [6.45, 7) is 11.0. The number of fused-ring (bicyclic) bond motifs is 3. The molecule has 8 rings (SSSR count). The first kappa shape index (κ1) is 57.5. The minimum Gasteiger partial charge on any atom is -0.508 e. The summed E-state index contributed by atoms with van der Waals surface area (Å²) in [7, 11) is 3.80. The predicted molar refractivity (Wildman–Crippen MR) is 271 cm³/mol. The number of benzene rings is 5. The number of hydrogen-bond donors (Lipinski definition) is 2. The standard InChI is InChI=1S/C23H26FNO5.C18H18FNO3.C16H20FNO5/c1-23(2,3)30-22(27)25-13-17-16(12-19(25)21(26)28-4)20(11-10-18(17)24)29-14-15-8-6-5-7-9-15;1-22-18(21)16-9-13-14(10-20-16)15(19)7-8-17(13)23-11-12-5-3-2-4-6-12;1-16(2,3)23-15(21)18-8-10-9(7-12(18)14(20)22-4)13(19)6-5-11(10)17/h5-11,19H,12-14H2,1-4H3;2-8,16,20H,9-11H2,1H3;5-6,12,19H,7-8H2,1-4H3/t19-;16-;12-/m000/s1. The Morgan fingerprint density at radius 1 is 0.526 bits per heavy atom. The SMILES string of the molecule is COC(=O)[C@@H]1Cc2c(O)ccc(F)c2CN1C(=O)OC(C)(C)C.COC(=O)[C@@H]1Cc2c(OCc3ccccc3)ccc(F)c2CN1.COC(=O)[C@@H]1Cc2c(OCc3ccccc3)ccc(F)c2CN1C(=O)OC(C)(C)C. The van der Waals surface area contributed by atoms with Gasteiger partial charge in [0, 0.05) is 59.2 Å². The molecule has 3 heterocycles. The highest BCUT2D eigenvalue weighted by atomic mass is 19.1. The normalized spacial score (nSPS) is 16.6. The Morgan fingerprint density at radius 3 is 1.36 bits per heavy atom. The van der Waals surface area contributed by atoms with E-state index in [4.69, 9.17) is 33.2 Å². The fraction of sp³-hybridized carbons (Fsp3) is 0.386. The van der Waals surface area contributed by atoms with E-state index in [0.717, 1.165) is 27.7 Å². The van der Waals surface area contributed by atoms with Gasteiger partial charge in [-0.3, -0.25) is 19.9 Å². The predicted octanol–water partition coefficient (Wildman–Crippen LogP) is 9.20. The summed E-state index contributed by atoms with van der Waals surface area (Å²) in [5.74, 6) is -1.91. The number of carbonyl (C=O) groups is 5. The third kappa shape index (κ3) is 14.7. The highest BCUT2D eigenvalue weighted by Crippen LogP contribution is 2.36. The van der Waals surface area contributed by atoms with Crippen LogP contribution >= 0.6 is 0 Å². The van der Waals surface area contributed by atoms with E-state index in [2.05, 4.69) is 5.32 Å². The lowest BCUT2D eigenvalue weighted by Gasteiger charge is -2.36. The lowest BCUT2D eigenvalue weighted by molar-refractivity contribution is -0.148. The van der Waals surface area contributed by atoms with Crippen molar-refractivity contribution in [2.24, 2.45) is 0 Å². The Hall–Kier alpha value is -7.80. The van der Waals surface area contributed by atoms with Crippen molar-refractivity contribution in [1.82, 2.24) is 15.1 Å². The second-order valence-corrected chi connectivity index (χ2v) is 19.9. The third-order valence-electron chi connectivity index (χ3n) is 12.3. The summed E-state index contributed by atoms with van der Waals surface area (Å²) in [6, 6.07) is 25.2. The maximum atomic E-state index is 14.6. The number of phenolic OH excluding ortho intramolecular Hbond substituents is 1. The van der Waals surface area contributed by atoms with E-state index in [-0.39, 0.29) is 55.6 Å². The summed E-state index contributed by atoms with van der Waals surface area (Å²) in [5.41, 5.74) is 3.12. The zero-order valence-electron chi connectivity index (χ0n) is 44.0. The molecule has 0 radical (unpaired) electrons. The van der Waals surface area contributed by atoms with Crippen LogP contribution in [0.5, 0.6) is 17.2 Å². The fourth-order valence-corrected chi connectivity index (χ4v) is 8.58. The molecule has 0 saturated heterocycles. The average Bonchev–Trinajstić information content (AvgIpc) is 3.41. The molecule has 0 spiro atoms. The molecule has 3 aliphatic heterocycles. The van der Waals surface area contributed by atoms with Crippen molar-refractivity contribution in [2.45, 2.75) is 123 Å². The maximum absolute atomic E-state index is 14.6. The van der Waals surface area contributed by atoms with Crippen molar-refractivity contribution >= 4 is 30.1 Å². The summed E-state index contributed by atoms with van der Waals surface area (Å²) >= 11 is 0. The number of carbonyl (C=O) groups excluding carboxylic acids is 5. The van der Waals surface area contributed by atoms with E-state index in [1.54, 1.807) is 53.7 Å². The van der Waals surface area contributed by atoms with Gasteiger partial charge in [-0.05, 0) is 89.1 Å². The van der Waals surface area contributed by atoms with Crippen molar-refractivity contribution in [3.63, 3.8) is 0 Å². The summed E-state index contributed by atoms with van der Waals surface area (Å²) in [6.07, 6.45) is -1.04. The zero-order chi connectivity index (χ0) is 55.5. The van der Waals surface area contributed by atoms with Gasteiger partial charge in [-0.1, -0.05) is 60.7 Å². The van der Waals surface area contributed by atoms with Crippen LogP contribution in [0.2, 0.25) is 0 Å². The van der Waals surface area contributed by atoms with Gasteiger partial charge in [-0.2, -0.15) is 0 Å². The number of aromatic hydroxyl groups is 1. The molecule has 5 aromatic carbocycles. The molecule has 0 saturated carbocycles. The number of amides is 2. The number of esters is 3. The van der Waals surface area contributed by atoms with Crippen LogP contribution in [0.1, 0.15) is 86.1 Å². The van der Waals surface area contributed by atoms with Crippen LogP contribution in [0.25, 0.3) is 0 Å². The zero-order valence-corrected chi connectivity index (χ0v) is 44.0. The van der Waals surface area contributed by atoms with Crippen molar-refractivity contribution < 1.29 is 75.4 Å². The number of hydrogen-bond acceptors (Lipinski definition) is 14. The summed E-state index contributed by atoms with van der Waals surface area (Å²) in [4.78, 5) is 63.6. The average molecular weight is 1060 g/mol. The molecule has 0 aromatic heterocycles. The molecule has 3 atom stereocenters. The van der Waals surface area contributed by atoms with Gasteiger partial charge >= 0.3 is 30.1 Å². The Bertz CT molecular complexity index is 2870. The molecule has 76 heavy (non-hydrogen) atoms. The number of methoxy groups -OCH3 is 3. The molecule has 2 N–H and O–H groups in total. The second kappa shape index (κ2) is 25.2. The third-order valence-corrected chi connectivity index (χ3v) is 12.3. The van der Waals surface area contributed by atoms with Gasteiger partial charge in [0.15, 0.2) is 0 Å². The fourth-order valence-electron chi connectivity index (χ4n) is 8.58. The minimum atomic E-state index is -0.977. The highest BCUT2D eigenvalue weighted by molar-refractivity contribution is 5.84. The highest BCUT2D eigenvalue weighted by Gasteiger charge is 2.41. The van der Waals surface area contributed by atoms with Crippen molar-refractivity contribution in [1.29, 1.82) is 0 Å². The molecule has 2 amide bonds. The van der Waals surface area contributed by atoms with Crippen LogP contribution in [-0.2, 0) is 90.2 Å². The number of nitrogens with one attached hydrogen (secondary N) is 1. The molecule has 3 aliphatic rings. The largest absolute Gasteiger partial charge is 0.508 e. The van der Waals surface area contributed by atoms with Gasteiger partial charge < -0.3 is 38.3 Å². The van der Waals surface area contributed by atoms with Crippen LogP contribution in [0.15, 0.2) is 97.1 Å². The van der Waals surface area contributed by atoms with Gasteiger partial charge in [0.05, 0.1) is 34.4 Å². The molecular weight excluding hydrogens is 992 g/mol. The Kier molecular flexibility index (Phi) is 19.0. The molecule has 0 aliphatic carbocycles. The first-order chi connectivity index (χ1) is 36.0. The van der Waals surface area contributed by atoms with Crippen molar-refractivity contribution in [2.75, 3.05) is 21.3 Å². The van der Waals surface area contributed by atoms with Gasteiger partial charge in [-0.25, -0.2) is 32.3 Å². The molecule has 19 heteroatoms. The smallest absolute Gasteiger partial charge is 0.411 e. The maximum Gasteiger partial charge on any atom is 0.411 e. The van der Waals surface area contributed by atoms with E-state index in [0.29, 0.717) is 53.4 Å². The Balaban J connectivity index is 0.000000187. The second-order valence-electron chi connectivity index (χ2n) is 19.9. The Morgan fingerprint density at radius 2 is 0.921 bits per heavy atom. The van der Waals surface area contributed by atoms with E-state index >= 15 is 0 Å². The molecule has 0 bridgehead atoms. The molecule has 5 aromatic rings. The molecule has 406 valence electrons. The van der Waals surface area contributed by atoms with Gasteiger partial charge in [0.25, 0.3) is 0 Å². The topological polar surface area (TPSA) is 189 Å². The first-order valence-corrected chi connectivity index (χ1v) is 24.4. The number of phenols is 1. The van der Waals surface area contributed by atoms with E-state index in [1.165, 1.54) is 44.4 Å². The van der Waals surface area contributed by atoms with Crippen molar-refractivity contribution in [3.8, 4) is 17.2 Å². The first-order valence-electron chi connectivity index (χ1n) is 24.4.